The number of fused-ring (bicyclic) bond motifs is 3. The van der Waals surface area contributed by atoms with Gasteiger partial charge in [0.05, 0.1) is 36.6 Å². The quantitative estimate of drug-likeness (QED) is 0.474. The molecule has 4 aromatic rings. The molecule has 2 aromatic heterocycles. The largest absolute Gasteiger partial charge is 0.496 e. The third kappa shape index (κ3) is 2.81. The van der Waals surface area contributed by atoms with Crippen molar-refractivity contribution >= 4 is 22.5 Å². The second kappa shape index (κ2) is 6.99. The highest BCUT2D eigenvalue weighted by Crippen LogP contribution is 2.41. The molecule has 168 valence electrons. The van der Waals surface area contributed by atoms with E-state index in [-0.39, 0.29) is 18.7 Å². The average Bonchev–Trinajstić information content (AvgIpc) is 3.56. The van der Waals surface area contributed by atoms with Crippen molar-refractivity contribution < 1.29 is 19.0 Å². The van der Waals surface area contributed by atoms with Gasteiger partial charge in [-0.1, -0.05) is 0 Å². The zero-order chi connectivity index (χ0) is 22.9. The Hall–Kier alpha value is -4.01. The Morgan fingerprint density at radius 3 is 2.73 bits per heavy atom. The minimum atomic E-state index is -0.133. The Balaban J connectivity index is 1.46. The molecule has 33 heavy (non-hydrogen) atoms. The second-order valence-electron chi connectivity index (χ2n) is 8.50. The molecule has 2 aliphatic rings. The molecule has 0 aliphatic carbocycles. The molecule has 0 fully saturated rings. The summed E-state index contributed by atoms with van der Waals surface area (Å²) in [5.74, 6) is 2.61. The van der Waals surface area contributed by atoms with Gasteiger partial charge in [-0.2, -0.15) is 5.10 Å². The van der Waals surface area contributed by atoms with Crippen molar-refractivity contribution in [1.82, 2.24) is 19.3 Å². The molecule has 0 radical (unpaired) electrons. The standard InChI is InChI=1S/C24H23N5O4/c1-13(2)29-18-11-28(15-5-6-19-21(8-15)33-12-32-19)24(30)22(18)26-23(29)16-7-14-10-25-27(3)17(14)9-20(16)31-4/h5-10,13H,11-12H2,1-4H3. The zero-order valence-corrected chi connectivity index (χ0v) is 18.8. The third-order valence-corrected chi connectivity index (χ3v) is 6.26. The number of carbonyl (C=O) groups excluding carboxylic acids is 1. The van der Waals surface area contributed by atoms with Gasteiger partial charge < -0.3 is 23.7 Å². The molecule has 0 atom stereocenters. The topological polar surface area (TPSA) is 83.6 Å². The number of rotatable bonds is 4. The number of hydrogen-bond donors (Lipinski definition) is 0. The lowest BCUT2D eigenvalue weighted by Crippen LogP contribution is -2.24. The van der Waals surface area contributed by atoms with Crippen molar-refractivity contribution in [3.63, 3.8) is 0 Å². The number of ether oxygens (including phenoxy) is 3. The predicted octanol–water partition coefficient (Wildman–Crippen LogP) is 3.92. The summed E-state index contributed by atoms with van der Waals surface area (Å²) in [6, 6.07) is 9.62. The first kappa shape index (κ1) is 19.7. The molecule has 2 aliphatic heterocycles. The summed E-state index contributed by atoms with van der Waals surface area (Å²) in [5, 5.41) is 5.33. The van der Waals surface area contributed by atoms with Crippen molar-refractivity contribution in [1.29, 1.82) is 0 Å². The Morgan fingerprint density at radius 2 is 1.94 bits per heavy atom. The minimum absolute atomic E-state index is 0.0926. The van der Waals surface area contributed by atoms with E-state index in [2.05, 4.69) is 23.5 Å². The maximum atomic E-state index is 13.4. The summed E-state index contributed by atoms with van der Waals surface area (Å²) in [6.07, 6.45) is 1.82. The Bertz CT molecular complexity index is 1430. The number of anilines is 1. The fourth-order valence-corrected chi connectivity index (χ4v) is 4.67. The van der Waals surface area contributed by atoms with Gasteiger partial charge in [-0.25, -0.2) is 4.98 Å². The van der Waals surface area contributed by atoms with E-state index >= 15 is 0 Å². The van der Waals surface area contributed by atoms with Crippen LogP contribution in [-0.2, 0) is 13.6 Å². The molecule has 4 heterocycles. The molecular formula is C24H23N5O4. The molecule has 6 rings (SSSR count). The Labute approximate surface area is 190 Å². The minimum Gasteiger partial charge on any atom is -0.496 e. The van der Waals surface area contributed by atoms with E-state index in [1.807, 2.05) is 48.3 Å². The van der Waals surface area contributed by atoms with E-state index in [0.717, 1.165) is 33.7 Å². The summed E-state index contributed by atoms with van der Waals surface area (Å²) in [7, 11) is 3.54. The number of aromatic nitrogens is 4. The molecule has 0 N–H and O–H groups in total. The normalized spacial score (nSPS) is 14.6. The van der Waals surface area contributed by atoms with Crippen LogP contribution in [0.5, 0.6) is 17.2 Å². The van der Waals surface area contributed by atoms with Crippen LogP contribution in [0.2, 0.25) is 0 Å². The van der Waals surface area contributed by atoms with Crippen molar-refractivity contribution in [3.05, 3.63) is 47.9 Å². The van der Waals surface area contributed by atoms with Crippen LogP contribution in [-0.4, -0.2) is 39.1 Å². The van der Waals surface area contributed by atoms with Crippen molar-refractivity contribution in [3.8, 4) is 28.6 Å². The van der Waals surface area contributed by atoms with Crippen molar-refractivity contribution in [2.75, 3.05) is 18.8 Å². The van der Waals surface area contributed by atoms with Crippen LogP contribution in [0.25, 0.3) is 22.3 Å². The molecule has 0 bridgehead atoms. The number of methoxy groups -OCH3 is 1. The summed E-state index contributed by atoms with van der Waals surface area (Å²) in [5.41, 5.74) is 3.91. The maximum absolute atomic E-state index is 13.4. The summed E-state index contributed by atoms with van der Waals surface area (Å²) >= 11 is 0. The van der Waals surface area contributed by atoms with Gasteiger partial charge in [0, 0.05) is 36.3 Å². The van der Waals surface area contributed by atoms with Gasteiger partial charge in [0.2, 0.25) is 6.79 Å². The lowest BCUT2D eigenvalue weighted by Gasteiger charge is -2.20. The highest BCUT2D eigenvalue weighted by Gasteiger charge is 2.37. The van der Waals surface area contributed by atoms with Gasteiger partial charge >= 0.3 is 0 Å². The first-order valence-corrected chi connectivity index (χ1v) is 10.8. The molecule has 2 aromatic carbocycles. The van der Waals surface area contributed by atoms with Gasteiger partial charge in [0.15, 0.2) is 17.2 Å². The number of imidazole rings is 1. The maximum Gasteiger partial charge on any atom is 0.279 e. The summed E-state index contributed by atoms with van der Waals surface area (Å²) in [4.78, 5) is 20.0. The number of aryl methyl sites for hydroxylation is 1. The second-order valence-corrected chi connectivity index (χ2v) is 8.50. The fourth-order valence-electron chi connectivity index (χ4n) is 4.67. The molecule has 0 saturated heterocycles. The zero-order valence-electron chi connectivity index (χ0n) is 18.8. The van der Waals surface area contributed by atoms with E-state index < -0.39 is 0 Å². The highest BCUT2D eigenvalue weighted by atomic mass is 16.7. The monoisotopic (exact) mass is 445 g/mol. The molecule has 1 amide bonds. The van der Waals surface area contributed by atoms with E-state index in [0.29, 0.717) is 29.5 Å². The van der Waals surface area contributed by atoms with Crippen LogP contribution in [0.15, 0.2) is 36.5 Å². The van der Waals surface area contributed by atoms with E-state index in [4.69, 9.17) is 19.2 Å². The van der Waals surface area contributed by atoms with Gasteiger partial charge in [-0.05, 0) is 32.0 Å². The van der Waals surface area contributed by atoms with Crippen molar-refractivity contribution in [2.45, 2.75) is 26.4 Å². The molecule has 0 saturated carbocycles. The summed E-state index contributed by atoms with van der Waals surface area (Å²) in [6.45, 7) is 4.80. The number of nitrogens with zero attached hydrogens (tertiary/aromatic N) is 5. The molecule has 9 heteroatoms. The number of amides is 1. The average molecular weight is 445 g/mol. The van der Waals surface area contributed by atoms with Gasteiger partial charge in [0.25, 0.3) is 5.91 Å². The van der Waals surface area contributed by atoms with Crippen LogP contribution >= 0.6 is 0 Å². The van der Waals surface area contributed by atoms with Crippen molar-refractivity contribution in [2.24, 2.45) is 7.05 Å². The van der Waals surface area contributed by atoms with Crippen LogP contribution in [0.1, 0.15) is 36.1 Å². The number of hydrogen-bond acceptors (Lipinski definition) is 6. The first-order valence-electron chi connectivity index (χ1n) is 10.8. The highest BCUT2D eigenvalue weighted by molar-refractivity contribution is 6.09. The Kier molecular flexibility index (Phi) is 4.17. The van der Waals surface area contributed by atoms with E-state index in [1.165, 1.54) is 0 Å². The lowest BCUT2D eigenvalue weighted by molar-refractivity contribution is 0.0992. The smallest absolute Gasteiger partial charge is 0.279 e. The Morgan fingerprint density at radius 1 is 1.12 bits per heavy atom. The van der Waals surface area contributed by atoms with Crippen LogP contribution in [0, 0.1) is 0 Å². The van der Waals surface area contributed by atoms with E-state index in [1.54, 1.807) is 12.0 Å². The third-order valence-electron chi connectivity index (χ3n) is 6.26. The fraction of sp³-hybridized carbons (Fsp3) is 0.292. The lowest BCUT2D eigenvalue weighted by atomic mass is 10.1. The van der Waals surface area contributed by atoms with Crippen LogP contribution < -0.4 is 19.1 Å². The van der Waals surface area contributed by atoms with Crippen LogP contribution in [0.4, 0.5) is 5.69 Å². The number of carbonyl (C=O) groups is 1. The predicted molar refractivity (Wildman–Crippen MR) is 122 cm³/mol. The van der Waals surface area contributed by atoms with Gasteiger partial charge in [-0.15, -0.1) is 0 Å². The van der Waals surface area contributed by atoms with Gasteiger partial charge in [-0.3, -0.25) is 9.48 Å². The SMILES string of the molecule is COc1cc2c(cnn2C)cc1-c1nc2c(n1C(C)C)CN(c1ccc3c(c1)OCO3)C2=O. The molecule has 9 nitrogen and oxygen atoms in total. The van der Waals surface area contributed by atoms with Crippen LogP contribution in [0.3, 0.4) is 0 Å². The molecular weight excluding hydrogens is 422 g/mol. The summed E-state index contributed by atoms with van der Waals surface area (Å²) < 4.78 is 20.5. The van der Waals surface area contributed by atoms with Gasteiger partial charge in [0.1, 0.15) is 11.6 Å². The first-order chi connectivity index (χ1) is 16.0. The molecule has 0 spiro atoms. The van der Waals surface area contributed by atoms with E-state index in [9.17, 15) is 4.79 Å². The number of benzene rings is 2. The molecule has 0 unspecified atom stereocenters.